The lowest BCUT2D eigenvalue weighted by Crippen LogP contribution is -2.40. The molecule has 36 heavy (non-hydrogen) atoms. The van der Waals surface area contributed by atoms with Crippen LogP contribution in [0.1, 0.15) is 53.9 Å². The summed E-state index contributed by atoms with van der Waals surface area (Å²) >= 11 is 0. The minimum atomic E-state index is -0.565. The topological polar surface area (TPSA) is 81.1 Å². The molecule has 0 bridgehead atoms. The zero-order valence-corrected chi connectivity index (χ0v) is 21.7. The van der Waals surface area contributed by atoms with Crippen molar-refractivity contribution in [2.24, 2.45) is 0 Å². The summed E-state index contributed by atoms with van der Waals surface area (Å²) in [6, 6.07) is 13.2. The van der Waals surface area contributed by atoms with Gasteiger partial charge in [-0.3, -0.25) is 9.59 Å². The van der Waals surface area contributed by atoms with Crippen LogP contribution in [-0.2, 0) is 27.4 Å². The first-order chi connectivity index (χ1) is 17.0. The highest BCUT2D eigenvalue weighted by Gasteiger charge is 2.36. The Hall–Kier alpha value is -3.81. The Morgan fingerprint density at radius 2 is 1.81 bits per heavy atom. The van der Waals surface area contributed by atoms with E-state index in [-0.39, 0.29) is 11.9 Å². The molecule has 0 saturated heterocycles. The van der Waals surface area contributed by atoms with E-state index in [1.165, 1.54) is 0 Å². The highest BCUT2D eigenvalue weighted by atomic mass is 16.6. The highest BCUT2D eigenvalue weighted by molar-refractivity contribution is 5.95. The molecule has 1 aromatic heterocycles. The molecule has 1 aliphatic rings. The minimum absolute atomic E-state index is 0.0496. The number of aromatic nitrogens is 1. The maximum absolute atomic E-state index is 13.2. The Bertz CT molecular complexity index is 1300. The van der Waals surface area contributed by atoms with Crippen LogP contribution in [-0.4, -0.2) is 66.0 Å². The molecule has 190 valence electrons. The van der Waals surface area contributed by atoms with Gasteiger partial charge in [-0.15, -0.1) is 0 Å². The molecular weight excluding hydrogens is 458 g/mol. The van der Waals surface area contributed by atoms with Crippen LogP contribution in [0.15, 0.2) is 42.5 Å². The molecule has 4 rings (SSSR count). The minimum Gasteiger partial charge on any atom is -0.497 e. The van der Waals surface area contributed by atoms with Gasteiger partial charge in [0.15, 0.2) is 0 Å². The number of fused-ring (bicyclic) bond motifs is 3. The molecule has 0 fully saturated rings. The number of hydrogen-bond donors (Lipinski definition) is 0. The van der Waals surface area contributed by atoms with Crippen LogP contribution < -0.4 is 4.74 Å². The Morgan fingerprint density at radius 3 is 2.39 bits per heavy atom. The molecule has 1 aliphatic heterocycles. The van der Waals surface area contributed by atoms with E-state index in [0.717, 1.165) is 34.1 Å². The molecule has 0 spiro atoms. The smallest absolute Gasteiger partial charge is 0.338 e. The van der Waals surface area contributed by atoms with Crippen LogP contribution in [0.25, 0.3) is 10.9 Å². The molecule has 0 N–H and O–H groups in total. The fourth-order valence-corrected chi connectivity index (χ4v) is 4.72. The van der Waals surface area contributed by atoms with E-state index in [9.17, 15) is 14.4 Å². The predicted molar refractivity (Wildman–Crippen MR) is 137 cm³/mol. The first-order valence-electron chi connectivity index (χ1n) is 11.9. The summed E-state index contributed by atoms with van der Waals surface area (Å²) in [7, 11) is 5.08. The fraction of sp³-hybridized carbons (Fsp3) is 0.393. The second-order valence-electron chi connectivity index (χ2n) is 10.3. The molecule has 1 atom stereocenters. The molecule has 0 saturated carbocycles. The molecular formula is C28H33N3O5. The summed E-state index contributed by atoms with van der Waals surface area (Å²) in [6.45, 7) is 6.77. The molecule has 2 aromatic carbocycles. The number of amides is 2. The Labute approximate surface area is 211 Å². The van der Waals surface area contributed by atoms with Crippen molar-refractivity contribution < 1.29 is 23.9 Å². The van der Waals surface area contributed by atoms with Crippen LogP contribution in [0.2, 0.25) is 0 Å². The van der Waals surface area contributed by atoms with Crippen LogP contribution in [0.5, 0.6) is 5.75 Å². The molecule has 8 nitrogen and oxygen atoms in total. The maximum Gasteiger partial charge on any atom is 0.338 e. The molecule has 2 heterocycles. The average Bonchev–Trinajstić information content (AvgIpc) is 3.14. The van der Waals surface area contributed by atoms with Gasteiger partial charge in [0.1, 0.15) is 11.4 Å². The molecule has 0 aliphatic carbocycles. The van der Waals surface area contributed by atoms with Gasteiger partial charge in [0.25, 0.3) is 0 Å². The number of nitrogens with zero attached hydrogens (tertiary/aromatic N) is 3. The standard InChI is InChI=1S/C28H33N3O5/c1-28(2,3)36-27(34)19-9-7-18(8-10-19)14-31-23-12-11-20(35-6)13-21(23)25-22(26(33)29(4)5)15-30(17-32)16-24(25)31/h7-13,17,22H,14-16H2,1-6H3. The lowest BCUT2D eigenvalue weighted by atomic mass is 9.90. The summed E-state index contributed by atoms with van der Waals surface area (Å²) in [4.78, 5) is 40.7. The Morgan fingerprint density at radius 1 is 1.11 bits per heavy atom. The molecule has 8 heteroatoms. The first-order valence-corrected chi connectivity index (χ1v) is 11.9. The number of carbonyl (C=O) groups excluding carboxylic acids is 3. The van der Waals surface area contributed by atoms with Gasteiger partial charge in [-0.2, -0.15) is 0 Å². The van der Waals surface area contributed by atoms with Gasteiger partial charge in [0.2, 0.25) is 12.3 Å². The SMILES string of the molecule is COc1ccc2c(c1)c1c(n2Cc2ccc(C(=O)OC(C)(C)C)cc2)CN(C=O)CC1C(=O)N(C)C. The number of rotatable bonds is 6. The predicted octanol–water partition coefficient (Wildman–Crippen LogP) is 3.80. The van der Waals surface area contributed by atoms with E-state index in [1.807, 2.05) is 51.1 Å². The van der Waals surface area contributed by atoms with E-state index >= 15 is 0 Å². The number of esters is 1. The normalized spacial score (nSPS) is 15.4. The third kappa shape index (κ3) is 4.94. The van der Waals surface area contributed by atoms with Crippen LogP contribution >= 0.6 is 0 Å². The second kappa shape index (κ2) is 9.68. The van der Waals surface area contributed by atoms with E-state index in [2.05, 4.69) is 4.57 Å². The Balaban J connectivity index is 1.79. The van der Waals surface area contributed by atoms with E-state index in [4.69, 9.17) is 9.47 Å². The van der Waals surface area contributed by atoms with Crippen molar-refractivity contribution >= 4 is 29.2 Å². The number of benzene rings is 2. The van der Waals surface area contributed by atoms with Crippen LogP contribution in [0.3, 0.4) is 0 Å². The zero-order valence-electron chi connectivity index (χ0n) is 21.7. The van der Waals surface area contributed by atoms with Gasteiger partial charge in [-0.1, -0.05) is 12.1 Å². The fourth-order valence-electron chi connectivity index (χ4n) is 4.72. The monoisotopic (exact) mass is 491 g/mol. The number of methoxy groups -OCH3 is 1. The van der Waals surface area contributed by atoms with E-state index in [0.29, 0.717) is 30.9 Å². The van der Waals surface area contributed by atoms with Gasteiger partial charge in [0, 0.05) is 43.8 Å². The number of carbonyl (C=O) groups is 3. The van der Waals surface area contributed by atoms with Crippen molar-refractivity contribution in [2.75, 3.05) is 27.7 Å². The van der Waals surface area contributed by atoms with Crippen LogP contribution in [0, 0.1) is 0 Å². The molecule has 0 radical (unpaired) electrons. The van der Waals surface area contributed by atoms with Gasteiger partial charge < -0.3 is 23.8 Å². The molecule has 1 unspecified atom stereocenters. The van der Waals surface area contributed by atoms with Gasteiger partial charge in [-0.25, -0.2) is 4.79 Å². The Kier molecular flexibility index (Phi) is 6.80. The van der Waals surface area contributed by atoms with Crippen molar-refractivity contribution in [1.82, 2.24) is 14.4 Å². The summed E-state index contributed by atoms with van der Waals surface area (Å²) < 4.78 is 13.1. The second-order valence-corrected chi connectivity index (χ2v) is 10.3. The third-order valence-corrected chi connectivity index (χ3v) is 6.36. The summed E-state index contributed by atoms with van der Waals surface area (Å²) in [5, 5.41) is 0.945. The van der Waals surface area contributed by atoms with Crippen molar-refractivity contribution in [3.63, 3.8) is 0 Å². The van der Waals surface area contributed by atoms with Gasteiger partial charge in [0.05, 0.1) is 25.1 Å². The number of ether oxygens (including phenoxy) is 2. The quantitative estimate of drug-likeness (QED) is 0.387. The summed E-state index contributed by atoms with van der Waals surface area (Å²) in [6.07, 6.45) is 0.803. The third-order valence-electron chi connectivity index (χ3n) is 6.36. The average molecular weight is 492 g/mol. The maximum atomic E-state index is 13.2. The van der Waals surface area contributed by atoms with Crippen molar-refractivity contribution in [1.29, 1.82) is 0 Å². The van der Waals surface area contributed by atoms with Crippen molar-refractivity contribution in [3.05, 3.63) is 64.8 Å². The highest BCUT2D eigenvalue weighted by Crippen LogP contribution is 2.39. The number of likely N-dealkylation sites (N-methyl/N-ethyl adjacent to an activating group) is 1. The van der Waals surface area contributed by atoms with E-state index in [1.54, 1.807) is 43.1 Å². The van der Waals surface area contributed by atoms with Crippen molar-refractivity contribution in [2.45, 2.75) is 45.4 Å². The molecule has 3 aromatic rings. The number of hydrogen-bond acceptors (Lipinski definition) is 5. The van der Waals surface area contributed by atoms with Gasteiger partial charge >= 0.3 is 5.97 Å². The lowest BCUT2D eigenvalue weighted by molar-refractivity contribution is -0.132. The lowest BCUT2D eigenvalue weighted by Gasteiger charge is -2.32. The van der Waals surface area contributed by atoms with Crippen LogP contribution in [0.4, 0.5) is 0 Å². The summed E-state index contributed by atoms with van der Waals surface area (Å²) in [5.74, 6) is -0.180. The summed E-state index contributed by atoms with van der Waals surface area (Å²) in [5.41, 5.74) is 3.73. The zero-order chi connectivity index (χ0) is 26.2. The van der Waals surface area contributed by atoms with Crippen molar-refractivity contribution in [3.8, 4) is 5.75 Å². The van der Waals surface area contributed by atoms with Gasteiger partial charge in [-0.05, 0) is 62.2 Å². The van der Waals surface area contributed by atoms with E-state index < -0.39 is 11.5 Å². The largest absolute Gasteiger partial charge is 0.497 e. The first kappa shape index (κ1) is 25.3. The molecule has 2 amide bonds.